The smallest absolute Gasteiger partial charge is 0.126 e. The van der Waals surface area contributed by atoms with Gasteiger partial charge in [-0.2, -0.15) is 0 Å². The van der Waals surface area contributed by atoms with Gasteiger partial charge in [0, 0.05) is 13.1 Å². The van der Waals surface area contributed by atoms with Crippen molar-refractivity contribution in [3.05, 3.63) is 34.6 Å². The van der Waals surface area contributed by atoms with Crippen LogP contribution >= 0.6 is 0 Å². The van der Waals surface area contributed by atoms with Gasteiger partial charge >= 0.3 is 0 Å². The van der Waals surface area contributed by atoms with Crippen LogP contribution in [0.2, 0.25) is 0 Å². The molecule has 0 aliphatic carbocycles. The van der Waals surface area contributed by atoms with Gasteiger partial charge in [-0.25, -0.2) is 4.39 Å². The van der Waals surface area contributed by atoms with Gasteiger partial charge in [0.2, 0.25) is 0 Å². The van der Waals surface area contributed by atoms with Gasteiger partial charge in [0.15, 0.2) is 0 Å². The molecule has 0 spiro atoms. The third kappa shape index (κ3) is 1.55. The van der Waals surface area contributed by atoms with Crippen LogP contribution in [-0.4, -0.2) is 18.5 Å². The SMILES string of the molecule is CCc1c(F)ccc2c1CCN(C)C2. The summed E-state index contributed by atoms with van der Waals surface area (Å²) < 4.78 is 13.5. The third-order valence-electron chi connectivity index (χ3n) is 3.01. The van der Waals surface area contributed by atoms with Gasteiger partial charge < -0.3 is 4.90 Å². The monoisotopic (exact) mass is 193 g/mol. The van der Waals surface area contributed by atoms with E-state index in [4.69, 9.17) is 0 Å². The molecule has 1 heterocycles. The van der Waals surface area contributed by atoms with Crippen LogP contribution in [0.3, 0.4) is 0 Å². The Labute approximate surface area is 84.5 Å². The highest BCUT2D eigenvalue weighted by atomic mass is 19.1. The summed E-state index contributed by atoms with van der Waals surface area (Å²) in [6, 6.07) is 3.54. The zero-order valence-corrected chi connectivity index (χ0v) is 8.81. The van der Waals surface area contributed by atoms with Crippen molar-refractivity contribution < 1.29 is 4.39 Å². The highest BCUT2D eigenvalue weighted by Crippen LogP contribution is 2.24. The number of halogens is 1. The second-order valence-electron chi connectivity index (χ2n) is 4.00. The van der Waals surface area contributed by atoms with E-state index in [9.17, 15) is 4.39 Å². The summed E-state index contributed by atoms with van der Waals surface area (Å²) >= 11 is 0. The van der Waals surface area contributed by atoms with Gasteiger partial charge in [-0.05, 0) is 42.6 Å². The average Bonchev–Trinajstić information content (AvgIpc) is 2.18. The van der Waals surface area contributed by atoms with Crippen molar-refractivity contribution in [2.24, 2.45) is 0 Å². The van der Waals surface area contributed by atoms with Crippen LogP contribution in [0.1, 0.15) is 23.6 Å². The summed E-state index contributed by atoms with van der Waals surface area (Å²) in [5.41, 5.74) is 3.48. The summed E-state index contributed by atoms with van der Waals surface area (Å²) in [6.07, 6.45) is 1.80. The first kappa shape index (κ1) is 9.66. The summed E-state index contributed by atoms with van der Waals surface area (Å²) in [4.78, 5) is 2.28. The highest BCUT2D eigenvalue weighted by Gasteiger charge is 2.17. The molecule has 0 N–H and O–H groups in total. The second kappa shape index (κ2) is 3.70. The molecule has 1 aromatic rings. The Kier molecular flexibility index (Phi) is 2.55. The highest BCUT2D eigenvalue weighted by molar-refractivity contribution is 5.38. The fourth-order valence-corrected chi connectivity index (χ4v) is 2.23. The second-order valence-corrected chi connectivity index (χ2v) is 4.00. The lowest BCUT2D eigenvalue weighted by Gasteiger charge is -2.26. The van der Waals surface area contributed by atoms with Crippen molar-refractivity contribution in [2.45, 2.75) is 26.3 Å². The van der Waals surface area contributed by atoms with E-state index >= 15 is 0 Å². The van der Waals surface area contributed by atoms with E-state index in [-0.39, 0.29) is 5.82 Å². The molecule has 76 valence electrons. The zero-order valence-electron chi connectivity index (χ0n) is 8.81. The van der Waals surface area contributed by atoms with E-state index in [2.05, 4.69) is 11.9 Å². The average molecular weight is 193 g/mol. The van der Waals surface area contributed by atoms with Gasteiger partial charge in [0.05, 0.1) is 0 Å². The zero-order chi connectivity index (χ0) is 10.1. The maximum absolute atomic E-state index is 13.5. The minimum Gasteiger partial charge on any atom is -0.302 e. The van der Waals surface area contributed by atoms with Crippen LogP contribution in [0.4, 0.5) is 4.39 Å². The number of hydrogen-bond donors (Lipinski definition) is 0. The number of fused-ring (bicyclic) bond motifs is 1. The van der Waals surface area contributed by atoms with E-state index in [1.54, 1.807) is 6.07 Å². The molecular weight excluding hydrogens is 177 g/mol. The first-order valence-corrected chi connectivity index (χ1v) is 5.20. The molecular formula is C12H16FN. The Balaban J connectivity index is 2.47. The van der Waals surface area contributed by atoms with Gasteiger partial charge in [-0.3, -0.25) is 0 Å². The maximum atomic E-state index is 13.5. The minimum atomic E-state index is -0.0317. The maximum Gasteiger partial charge on any atom is 0.126 e. The molecule has 14 heavy (non-hydrogen) atoms. The molecule has 1 aliphatic heterocycles. The first-order chi connectivity index (χ1) is 6.72. The quantitative estimate of drug-likeness (QED) is 0.662. The topological polar surface area (TPSA) is 3.24 Å². The molecule has 0 bridgehead atoms. The number of benzene rings is 1. The predicted octanol–water partition coefficient (Wildman–Crippen LogP) is 2.38. The van der Waals surface area contributed by atoms with Crippen LogP contribution in [0, 0.1) is 5.82 Å². The molecule has 0 saturated carbocycles. The molecule has 2 rings (SSSR count). The molecule has 0 radical (unpaired) electrons. The normalized spacial score (nSPS) is 16.8. The Morgan fingerprint density at radius 2 is 2.21 bits per heavy atom. The Morgan fingerprint density at radius 1 is 1.43 bits per heavy atom. The fourth-order valence-electron chi connectivity index (χ4n) is 2.23. The third-order valence-corrected chi connectivity index (χ3v) is 3.01. The number of rotatable bonds is 1. The van der Waals surface area contributed by atoms with E-state index in [0.29, 0.717) is 0 Å². The van der Waals surface area contributed by atoms with Crippen molar-refractivity contribution in [3.63, 3.8) is 0 Å². The van der Waals surface area contributed by atoms with E-state index in [0.717, 1.165) is 31.5 Å². The van der Waals surface area contributed by atoms with Crippen LogP contribution in [-0.2, 0) is 19.4 Å². The summed E-state index contributed by atoms with van der Waals surface area (Å²) in [6.45, 7) is 4.03. The van der Waals surface area contributed by atoms with Crippen molar-refractivity contribution in [1.82, 2.24) is 4.90 Å². The van der Waals surface area contributed by atoms with Gasteiger partial charge in [0.25, 0.3) is 0 Å². The van der Waals surface area contributed by atoms with Crippen molar-refractivity contribution in [1.29, 1.82) is 0 Å². The summed E-state index contributed by atoms with van der Waals surface area (Å²) in [5, 5.41) is 0. The van der Waals surface area contributed by atoms with Crippen LogP contribution in [0.25, 0.3) is 0 Å². The van der Waals surface area contributed by atoms with Crippen molar-refractivity contribution in [2.75, 3.05) is 13.6 Å². The standard InChI is InChI=1S/C12H16FN/c1-3-10-11-6-7-14(2)8-9(11)4-5-12(10)13/h4-5H,3,6-8H2,1-2H3. The van der Waals surface area contributed by atoms with E-state index in [1.807, 2.05) is 13.0 Å². The molecule has 0 atom stereocenters. The molecule has 0 aromatic heterocycles. The lowest BCUT2D eigenvalue weighted by Crippen LogP contribution is -2.27. The van der Waals surface area contributed by atoms with Crippen LogP contribution < -0.4 is 0 Å². The first-order valence-electron chi connectivity index (χ1n) is 5.20. The molecule has 0 fully saturated rings. The lowest BCUT2D eigenvalue weighted by molar-refractivity contribution is 0.311. The molecule has 1 aromatic carbocycles. The lowest BCUT2D eigenvalue weighted by atomic mass is 9.93. The minimum absolute atomic E-state index is 0.0317. The molecule has 0 saturated heterocycles. The summed E-state index contributed by atoms with van der Waals surface area (Å²) in [5.74, 6) is -0.0317. The van der Waals surface area contributed by atoms with E-state index in [1.165, 1.54) is 11.1 Å². The van der Waals surface area contributed by atoms with E-state index < -0.39 is 0 Å². The molecule has 0 unspecified atom stereocenters. The summed E-state index contributed by atoms with van der Waals surface area (Å²) in [7, 11) is 2.11. The predicted molar refractivity (Wildman–Crippen MR) is 55.8 cm³/mol. The van der Waals surface area contributed by atoms with Crippen molar-refractivity contribution >= 4 is 0 Å². The molecule has 1 aliphatic rings. The largest absolute Gasteiger partial charge is 0.302 e. The number of hydrogen-bond acceptors (Lipinski definition) is 1. The van der Waals surface area contributed by atoms with Crippen LogP contribution in [0.5, 0.6) is 0 Å². The Morgan fingerprint density at radius 3 is 2.93 bits per heavy atom. The number of likely N-dealkylation sites (N-methyl/N-ethyl adjacent to an activating group) is 1. The molecule has 2 heteroatoms. The molecule has 0 amide bonds. The molecule has 1 nitrogen and oxygen atoms in total. The fraction of sp³-hybridized carbons (Fsp3) is 0.500. The number of nitrogens with zero attached hydrogens (tertiary/aromatic N) is 1. The Bertz CT molecular complexity index is 346. The van der Waals surface area contributed by atoms with Crippen molar-refractivity contribution in [3.8, 4) is 0 Å². The van der Waals surface area contributed by atoms with Crippen LogP contribution in [0.15, 0.2) is 12.1 Å². The van der Waals surface area contributed by atoms with Gasteiger partial charge in [-0.15, -0.1) is 0 Å². The van der Waals surface area contributed by atoms with Gasteiger partial charge in [-0.1, -0.05) is 13.0 Å². The van der Waals surface area contributed by atoms with Gasteiger partial charge in [0.1, 0.15) is 5.82 Å². The Hall–Kier alpha value is -0.890.